The standard InChI is InChI=1S/C16H14F2N2O4/c1-23-13-8-4-5-10(14(13)24-16(17)18)9-19-20-15(22)11-6-2-3-7-12(11)21/h2-9,16,21H,1H3,(H,20,22)/b19-9-. The van der Waals surface area contributed by atoms with Crippen molar-refractivity contribution in [3.63, 3.8) is 0 Å². The van der Waals surface area contributed by atoms with Gasteiger partial charge in [-0.1, -0.05) is 18.2 Å². The molecule has 0 atom stereocenters. The van der Waals surface area contributed by atoms with Crippen LogP contribution in [-0.4, -0.2) is 30.9 Å². The summed E-state index contributed by atoms with van der Waals surface area (Å²) in [5, 5.41) is 13.3. The number of hydrazone groups is 1. The van der Waals surface area contributed by atoms with Crippen molar-refractivity contribution in [2.45, 2.75) is 6.61 Å². The number of phenolic OH excluding ortho intramolecular Hbond substituents is 1. The molecule has 0 unspecified atom stereocenters. The predicted molar refractivity (Wildman–Crippen MR) is 82.8 cm³/mol. The summed E-state index contributed by atoms with van der Waals surface area (Å²) in [6, 6.07) is 10.4. The van der Waals surface area contributed by atoms with Gasteiger partial charge in [0.15, 0.2) is 11.5 Å². The number of ether oxygens (including phenoxy) is 2. The van der Waals surface area contributed by atoms with Crippen molar-refractivity contribution in [1.29, 1.82) is 0 Å². The highest BCUT2D eigenvalue weighted by molar-refractivity contribution is 5.97. The van der Waals surface area contributed by atoms with Gasteiger partial charge in [-0.25, -0.2) is 5.43 Å². The van der Waals surface area contributed by atoms with Crippen LogP contribution in [0.15, 0.2) is 47.6 Å². The van der Waals surface area contributed by atoms with Crippen LogP contribution in [-0.2, 0) is 0 Å². The van der Waals surface area contributed by atoms with Crippen LogP contribution in [0.2, 0.25) is 0 Å². The average molecular weight is 336 g/mol. The SMILES string of the molecule is COc1cccc(/C=N\NC(=O)c2ccccc2O)c1OC(F)F. The molecule has 0 fully saturated rings. The number of amides is 1. The molecular formula is C16H14F2N2O4. The summed E-state index contributed by atoms with van der Waals surface area (Å²) >= 11 is 0. The molecule has 2 aromatic rings. The Morgan fingerprint density at radius 3 is 2.67 bits per heavy atom. The molecule has 0 saturated heterocycles. The molecule has 0 saturated carbocycles. The van der Waals surface area contributed by atoms with E-state index in [4.69, 9.17) is 4.74 Å². The maximum atomic E-state index is 12.5. The third kappa shape index (κ3) is 4.19. The van der Waals surface area contributed by atoms with Crippen LogP contribution < -0.4 is 14.9 Å². The van der Waals surface area contributed by atoms with Gasteiger partial charge in [0.1, 0.15) is 5.75 Å². The number of phenols is 1. The molecule has 6 nitrogen and oxygen atoms in total. The lowest BCUT2D eigenvalue weighted by Crippen LogP contribution is -2.17. The topological polar surface area (TPSA) is 80.2 Å². The number of aromatic hydroxyl groups is 1. The van der Waals surface area contributed by atoms with Gasteiger partial charge in [0.05, 0.1) is 18.9 Å². The molecule has 0 bridgehead atoms. The Kier molecular flexibility index (Phi) is 5.67. The van der Waals surface area contributed by atoms with E-state index in [0.29, 0.717) is 0 Å². The number of methoxy groups -OCH3 is 1. The first-order valence-electron chi connectivity index (χ1n) is 6.76. The zero-order chi connectivity index (χ0) is 17.5. The fourth-order valence-corrected chi connectivity index (χ4v) is 1.90. The van der Waals surface area contributed by atoms with Crippen molar-refractivity contribution >= 4 is 12.1 Å². The molecular weight excluding hydrogens is 322 g/mol. The Hall–Kier alpha value is -3.16. The second-order valence-electron chi connectivity index (χ2n) is 4.47. The maximum Gasteiger partial charge on any atom is 0.387 e. The third-order valence-electron chi connectivity index (χ3n) is 2.95. The van der Waals surface area contributed by atoms with E-state index in [2.05, 4.69) is 15.3 Å². The summed E-state index contributed by atoms with van der Waals surface area (Å²) < 4.78 is 34.4. The van der Waals surface area contributed by atoms with E-state index in [1.807, 2.05) is 0 Å². The normalized spacial score (nSPS) is 10.8. The Labute approximate surface area is 136 Å². The summed E-state index contributed by atoms with van der Waals surface area (Å²) in [4.78, 5) is 11.9. The van der Waals surface area contributed by atoms with Gasteiger partial charge in [0, 0.05) is 5.56 Å². The first kappa shape index (κ1) is 17.2. The molecule has 0 heterocycles. The zero-order valence-corrected chi connectivity index (χ0v) is 12.6. The third-order valence-corrected chi connectivity index (χ3v) is 2.95. The van der Waals surface area contributed by atoms with Crippen molar-refractivity contribution in [2.75, 3.05) is 7.11 Å². The number of nitrogens with one attached hydrogen (secondary N) is 1. The van der Waals surface area contributed by atoms with E-state index < -0.39 is 12.5 Å². The number of benzene rings is 2. The molecule has 0 aliphatic rings. The molecule has 2 aromatic carbocycles. The summed E-state index contributed by atoms with van der Waals surface area (Å²) in [6.45, 7) is -3.04. The number of nitrogens with zero attached hydrogens (tertiary/aromatic N) is 1. The molecule has 0 spiro atoms. The average Bonchev–Trinajstić information content (AvgIpc) is 2.56. The van der Waals surface area contributed by atoms with Crippen LogP contribution in [0, 0.1) is 0 Å². The molecule has 2 N–H and O–H groups in total. The van der Waals surface area contributed by atoms with E-state index in [0.717, 1.165) is 6.21 Å². The predicted octanol–water partition coefficient (Wildman–Crippen LogP) is 2.77. The smallest absolute Gasteiger partial charge is 0.387 e. The lowest BCUT2D eigenvalue weighted by atomic mass is 10.2. The minimum Gasteiger partial charge on any atom is -0.507 e. The highest BCUT2D eigenvalue weighted by Gasteiger charge is 2.14. The van der Waals surface area contributed by atoms with Gasteiger partial charge in [0.2, 0.25) is 0 Å². The second kappa shape index (κ2) is 7.91. The van der Waals surface area contributed by atoms with E-state index in [1.54, 1.807) is 18.2 Å². The van der Waals surface area contributed by atoms with Crippen LogP contribution in [0.4, 0.5) is 8.78 Å². The lowest BCUT2D eigenvalue weighted by molar-refractivity contribution is -0.0513. The highest BCUT2D eigenvalue weighted by atomic mass is 19.3. The number of carbonyl (C=O) groups is 1. The maximum absolute atomic E-state index is 12.5. The van der Waals surface area contributed by atoms with Crippen LogP contribution in [0.3, 0.4) is 0 Å². The number of para-hydroxylation sites is 2. The van der Waals surface area contributed by atoms with Crippen LogP contribution in [0.1, 0.15) is 15.9 Å². The largest absolute Gasteiger partial charge is 0.507 e. The fraction of sp³-hybridized carbons (Fsp3) is 0.125. The Morgan fingerprint density at radius 1 is 1.25 bits per heavy atom. The lowest BCUT2D eigenvalue weighted by Gasteiger charge is -2.11. The second-order valence-corrected chi connectivity index (χ2v) is 4.47. The molecule has 1 amide bonds. The minimum absolute atomic E-state index is 0.0318. The van der Waals surface area contributed by atoms with Crippen molar-refractivity contribution < 1.29 is 28.2 Å². The number of alkyl halides is 2. The monoisotopic (exact) mass is 336 g/mol. The van der Waals surface area contributed by atoms with Crippen molar-refractivity contribution in [2.24, 2.45) is 5.10 Å². The summed E-state index contributed by atoms with van der Waals surface area (Å²) in [6.07, 6.45) is 1.14. The molecule has 2 rings (SSSR count). The molecule has 0 radical (unpaired) electrons. The van der Waals surface area contributed by atoms with Crippen LogP contribution in [0.5, 0.6) is 17.2 Å². The fourth-order valence-electron chi connectivity index (χ4n) is 1.90. The molecule has 0 aliphatic carbocycles. The van der Waals surface area contributed by atoms with Gasteiger partial charge < -0.3 is 14.6 Å². The number of carbonyl (C=O) groups excluding carboxylic acids is 1. The quantitative estimate of drug-likeness (QED) is 0.628. The van der Waals surface area contributed by atoms with Crippen molar-refractivity contribution in [3.05, 3.63) is 53.6 Å². The Bertz CT molecular complexity index is 751. The number of rotatable bonds is 6. The molecule has 0 aromatic heterocycles. The van der Waals surface area contributed by atoms with Gasteiger partial charge in [-0.2, -0.15) is 13.9 Å². The van der Waals surface area contributed by atoms with Gasteiger partial charge in [-0.3, -0.25) is 4.79 Å². The highest BCUT2D eigenvalue weighted by Crippen LogP contribution is 2.31. The minimum atomic E-state index is -3.04. The van der Waals surface area contributed by atoms with Gasteiger partial charge in [-0.15, -0.1) is 0 Å². The van der Waals surface area contributed by atoms with E-state index in [9.17, 15) is 18.7 Å². The number of halogens is 2. The molecule has 8 heteroatoms. The van der Waals surface area contributed by atoms with E-state index in [1.165, 1.54) is 31.4 Å². The summed E-state index contributed by atoms with van der Waals surface area (Å²) in [5.41, 5.74) is 2.41. The number of hydrogen-bond acceptors (Lipinski definition) is 5. The van der Waals surface area contributed by atoms with Gasteiger partial charge >= 0.3 is 6.61 Å². The zero-order valence-electron chi connectivity index (χ0n) is 12.6. The van der Waals surface area contributed by atoms with E-state index in [-0.39, 0.29) is 28.4 Å². The summed E-state index contributed by atoms with van der Waals surface area (Å²) in [7, 11) is 1.31. The first-order valence-corrected chi connectivity index (χ1v) is 6.76. The van der Waals surface area contributed by atoms with Crippen LogP contribution in [0.25, 0.3) is 0 Å². The summed E-state index contributed by atoms with van der Waals surface area (Å²) in [5.74, 6) is -0.946. The molecule has 0 aliphatic heterocycles. The van der Waals surface area contributed by atoms with Crippen molar-refractivity contribution in [1.82, 2.24) is 5.43 Å². The van der Waals surface area contributed by atoms with E-state index >= 15 is 0 Å². The van der Waals surface area contributed by atoms with Gasteiger partial charge in [-0.05, 0) is 24.3 Å². The first-order chi connectivity index (χ1) is 11.5. The van der Waals surface area contributed by atoms with Crippen molar-refractivity contribution in [3.8, 4) is 17.2 Å². The van der Waals surface area contributed by atoms with Crippen LogP contribution >= 0.6 is 0 Å². The number of hydrogen-bond donors (Lipinski definition) is 2. The Balaban J connectivity index is 2.17. The Morgan fingerprint density at radius 2 is 2.00 bits per heavy atom. The van der Waals surface area contributed by atoms with Gasteiger partial charge in [0.25, 0.3) is 5.91 Å². The molecule has 24 heavy (non-hydrogen) atoms. The molecule has 126 valence electrons.